The van der Waals surface area contributed by atoms with Crippen LogP contribution in [0.3, 0.4) is 0 Å². The average Bonchev–Trinajstić information content (AvgIpc) is 2.29. The SMILES string of the molecule is C=C(Br)CNCc1ccc(OC)c(OCC)c1. The largest absolute Gasteiger partial charge is 0.493 e. The van der Waals surface area contributed by atoms with Gasteiger partial charge in [-0.25, -0.2) is 0 Å². The van der Waals surface area contributed by atoms with Crippen molar-refractivity contribution < 1.29 is 9.47 Å². The molecule has 0 saturated heterocycles. The Morgan fingerprint density at radius 3 is 2.76 bits per heavy atom. The van der Waals surface area contributed by atoms with E-state index in [-0.39, 0.29) is 0 Å². The lowest BCUT2D eigenvalue weighted by molar-refractivity contribution is 0.310. The summed E-state index contributed by atoms with van der Waals surface area (Å²) in [6.07, 6.45) is 0. The van der Waals surface area contributed by atoms with E-state index in [1.165, 1.54) is 0 Å². The zero-order valence-corrected chi connectivity index (χ0v) is 11.8. The third-order valence-corrected chi connectivity index (χ3v) is 2.45. The minimum absolute atomic E-state index is 0.630. The van der Waals surface area contributed by atoms with Crippen LogP contribution in [0, 0.1) is 0 Å². The quantitative estimate of drug-likeness (QED) is 0.839. The molecule has 0 unspecified atom stereocenters. The van der Waals surface area contributed by atoms with Gasteiger partial charge in [-0.15, -0.1) is 0 Å². The van der Waals surface area contributed by atoms with Crippen molar-refractivity contribution in [1.29, 1.82) is 0 Å². The molecule has 0 fully saturated rings. The molecule has 1 aromatic rings. The molecule has 1 N–H and O–H groups in total. The summed E-state index contributed by atoms with van der Waals surface area (Å²) in [6.45, 7) is 7.88. The Labute approximate surface area is 111 Å². The molecule has 0 heterocycles. The third kappa shape index (κ3) is 4.79. The van der Waals surface area contributed by atoms with Gasteiger partial charge in [0.05, 0.1) is 13.7 Å². The van der Waals surface area contributed by atoms with E-state index >= 15 is 0 Å². The molecule has 1 rings (SSSR count). The van der Waals surface area contributed by atoms with E-state index in [0.717, 1.165) is 34.6 Å². The summed E-state index contributed by atoms with van der Waals surface area (Å²) >= 11 is 3.31. The first-order chi connectivity index (χ1) is 8.17. The van der Waals surface area contributed by atoms with Crippen LogP contribution in [-0.4, -0.2) is 20.3 Å². The van der Waals surface area contributed by atoms with Gasteiger partial charge >= 0.3 is 0 Å². The maximum atomic E-state index is 5.52. The molecule has 0 radical (unpaired) electrons. The van der Waals surface area contributed by atoms with Crippen molar-refractivity contribution in [1.82, 2.24) is 5.32 Å². The zero-order valence-electron chi connectivity index (χ0n) is 10.3. The van der Waals surface area contributed by atoms with Gasteiger partial charge in [0.2, 0.25) is 0 Å². The molecule has 0 spiro atoms. The molecule has 4 heteroatoms. The normalized spacial score (nSPS) is 10.1. The summed E-state index contributed by atoms with van der Waals surface area (Å²) in [4.78, 5) is 0. The van der Waals surface area contributed by atoms with Crippen LogP contribution in [0.25, 0.3) is 0 Å². The lowest BCUT2D eigenvalue weighted by atomic mass is 10.2. The van der Waals surface area contributed by atoms with Crippen molar-refractivity contribution in [2.45, 2.75) is 13.5 Å². The maximum absolute atomic E-state index is 5.52. The number of ether oxygens (including phenoxy) is 2. The second-order valence-corrected chi connectivity index (χ2v) is 4.66. The van der Waals surface area contributed by atoms with Crippen LogP contribution in [-0.2, 0) is 6.54 Å². The van der Waals surface area contributed by atoms with Crippen LogP contribution < -0.4 is 14.8 Å². The average molecular weight is 300 g/mol. The molecule has 0 atom stereocenters. The number of hydrogen-bond donors (Lipinski definition) is 1. The highest BCUT2D eigenvalue weighted by Gasteiger charge is 2.04. The molecule has 1 aromatic carbocycles. The van der Waals surface area contributed by atoms with Gasteiger partial charge in [-0.3, -0.25) is 0 Å². The Hall–Kier alpha value is -1.00. The van der Waals surface area contributed by atoms with Gasteiger partial charge in [0.15, 0.2) is 11.5 Å². The second-order valence-electron chi connectivity index (χ2n) is 3.54. The number of hydrogen-bond acceptors (Lipinski definition) is 3. The fraction of sp³-hybridized carbons (Fsp3) is 0.385. The van der Waals surface area contributed by atoms with E-state index in [9.17, 15) is 0 Å². The number of rotatable bonds is 7. The Morgan fingerprint density at radius 1 is 1.41 bits per heavy atom. The van der Waals surface area contributed by atoms with E-state index in [1.807, 2.05) is 25.1 Å². The Balaban J connectivity index is 2.67. The van der Waals surface area contributed by atoms with Gasteiger partial charge in [-0.05, 0) is 24.6 Å². The summed E-state index contributed by atoms with van der Waals surface area (Å²) in [7, 11) is 1.64. The lowest BCUT2D eigenvalue weighted by Crippen LogP contribution is -2.14. The fourth-order valence-electron chi connectivity index (χ4n) is 1.44. The van der Waals surface area contributed by atoms with E-state index in [0.29, 0.717) is 6.61 Å². The van der Waals surface area contributed by atoms with Crippen LogP contribution in [0.15, 0.2) is 29.3 Å². The number of halogens is 1. The van der Waals surface area contributed by atoms with Crippen LogP contribution >= 0.6 is 15.9 Å². The van der Waals surface area contributed by atoms with E-state index < -0.39 is 0 Å². The molecule has 0 aliphatic heterocycles. The summed E-state index contributed by atoms with van der Waals surface area (Å²) in [5.41, 5.74) is 1.16. The van der Waals surface area contributed by atoms with Crippen molar-refractivity contribution in [2.75, 3.05) is 20.3 Å². The first-order valence-electron chi connectivity index (χ1n) is 5.51. The first-order valence-corrected chi connectivity index (χ1v) is 6.30. The number of methoxy groups -OCH3 is 1. The molecule has 0 aliphatic rings. The van der Waals surface area contributed by atoms with Crippen molar-refractivity contribution in [3.8, 4) is 11.5 Å². The molecule has 0 aromatic heterocycles. The predicted octanol–water partition coefficient (Wildman–Crippen LogP) is 3.09. The van der Waals surface area contributed by atoms with Gasteiger partial charge in [0.25, 0.3) is 0 Å². The van der Waals surface area contributed by atoms with Crippen molar-refractivity contribution in [3.05, 3.63) is 34.8 Å². The molecule has 0 amide bonds. The van der Waals surface area contributed by atoms with Gasteiger partial charge in [0.1, 0.15) is 0 Å². The van der Waals surface area contributed by atoms with Gasteiger partial charge < -0.3 is 14.8 Å². The molecule has 0 saturated carbocycles. The van der Waals surface area contributed by atoms with Crippen LogP contribution in [0.1, 0.15) is 12.5 Å². The topological polar surface area (TPSA) is 30.5 Å². The molecular weight excluding hydrogens is 282 g/mol. The standard InChI is InChI=1S/C13H18BrNO2/c1-4-17-13-7-11(5-6-12(13)16-3)9-15-8-10(2)14/h5-7,15H,2,4,8-9H2,1,3H3. The van der Waals surface area contributed by atoms with Gasteiger partial charge in [-0.1, -0.05) is 28.6 Å². The molecule has 94 valence electrons. The summed E-state index contributed by atoms with van der Waals surface area (Å²) in [5.74, 6) is 1.55. The molecule has 0 aliphatic carbocycles. The Morgan fingerprint density at radius 2 is 2.18 bits per heavy atom. The molecule has 17 heavy (non-hydrogen) atoms. The minimum atomic E-state index is 0.630. The second kappa shape index (κ2) is 7.35. The van der Waals surface area contributed by atoms with Crippen LogP contribution in [0.2, 0.25) is 0 Å². The molecular formula is C13H18BrNO2. The summed E-state index contributed by atoms with van der Waals surface area (Å²) in [6, 6.07) is 5.93. The van der Waals surface area contributed by atoms with Crippen molar-refractivity contribution >= 4 is 15.9 Å². The van der Waals surface area contributed by atoms with Crippen LogP contribution in [0.5, 0.6) is 11.5 Å². The zero-order chi connectivity index (χ0) is 12.7. The Kier molecular flexibility index (Phi) is 6.08. The van der Waals surface area contributed by atoms with E-state index in [1.54, 1.807) is 7.11 Å². The minimum Gasteiger partial charge on any atom is -0.493 e. The summed E-state index contributed by atoms with van der Waals surface area (Å²) < 4.78 is 11.7. The third-order valence-electron chi connectivity index (χ3n) is 2.17. The molecule has 0 bridgehead atoms. The molecule has 3 nitrogen and oxygen atoms in total. The van der Waals surface area contributed by atoms with Crippen molar-refractivity contribution in [3.63, 3.8) is 0 Å². The Bertz CT molecular complexity index is 380. The monoisotopic (exact) mass is 299 g/mol. The van der Waals surface area contributed by atoms with E-state index in [2.05, 4.69) is 27.8 Å². The highest BCUT2D eigenvalue weighted by Crippen LogP contribution is 2.27. The lowest BCUT2D eigenvalue weighted by Gasteiger charge is -2.11. The predicted molar refractivity (Wildman–Crippen MR) is 73.9 cm³/mol. The maximum Gasteiger partial charge on any atom is 0.161 e. The first kappa shape index (κ1) is 14.1. The number of nitrogens with one attached hydrogen (secondary N) is 1. The van der Waals surface area contributed by atoms with Crippen LogP contribution in [0.4, 0.5) is 0 Å². The smallest absolute Gasteiger partial charge is 0.161 e. The van der Waals surface area contributed by atoms with Gasteiger partial charge in [0, 0.05) is 17.6 Å². The van der Waals surface area contributed by atoms with Gasteiger partial charge in [-0.2, -0.15) is 0 Å². The highest BCUT2D eigenvalue weighted by molar-refractivity contribution is 9.11. The highest BCUT2D eigenvalue weighted by atomic mass is 79.9. The fourth-order valence-corrected chi connectivity index (χ4v) is 1.64. The van der Waals surface area contributed by atoms with E-state index in [4.69, 9.17) is 9.47 Å². The van der Waals surface area contributed by atoms with Crippen molar-refractivity contribution in [2.24, 2.45) is 0 Å². The summed E-state index contributed by atoms with van der Waals surface area (Å²) in [5, 5.41) is 3.27. The number of benzene rings is 1.